The molecule has 2 aromatic rings. The van der Waals surface area contributed by atoms with Crippen molar-refractivity contribution in [2.45, 2.75) is 13.0 Å². The highest BCUT2D eigenvalue weighted by Crippen LogP contribution is 2.18. The first-order valence-corrected chi connectivity index (χ1v) is 8.44. The van der Waals surface area contributed by atoms with E-state index in [0.29, 0.717) is 12.5 Å². The van der Waals surface area contributed by atoms with E-state index in [0.717, 1.165) is 26.1 Å². The van der Waals surface area contributed by atoms with Crippen molar-refractivity contribution in [2.75, 3.05) is 25.0 Å². The number of hydrogen-bond donors (Lipinski definition) is 2. The number of anilines is 1. The van der Waals surface area contributed by atoms with Gasteiger partial charge in [-0.3, -0.25) is 15.0 Å². The average molecular weight is 341 g/mol. The van der Waals surface area contributed by atoms with E-state index in [9.17, 15) is 9.59 Å². The summed E-state index contributed by atoms with van der Waals surface area (Å²) in [6.45, 7) is 3.52. The van der Waals surface area contributed by atoms with Gasteiger partial charge in [0.2, 0.25) is 5.82 Å². The molecular weight excluding hydrogens is 318 g/mol. The Morgan fingerprint density at radius 1 is 1.32 bits per heavy atom. The fraction of sp³-hybridized carbons (Fsp3) is 0.389. The number of nitrogens with zero attached hydrogens (tertiary/aromatic N) is 3. The zero-order valence-electron chi connectivity index (χ0n) is 14.3. The fourth-order valence-corrected chi connectivity index (χ4v) is 3.04. The maximum Gasteiger partial charge on any atom is 0.320 e. The van der Waals surface area contributed by atoms with Gasteiger partial charge in [0.15, 0.2) is 0 Å². The Hall–Kier alpha value is -2.67. The van der Waals surface area contributed by atoms with E-state index in [4.69, 9.17) is 0 Å². The number of aromatic nitrogens is 2. The molecule has 0 bridgehead atoms. The predicted octanol–water partition coefficient (Wildman–Crippen LogP) is 1.42. The van der Waals surface area contributed by atoms with Gasteiger partial charge >= 0.3 is 6.03 Å². The van der Waals surface area contributed by atoms with E-state index < -0.39 is 6.03 Å². The second kappa shape index (κ2) is 7.94. The molecule has 2 N–H and O–H groups in total. The summed E-state index contributed by atoms with van der Waals surface area (Å²) in [4.78, 5) is 30.1. The van der Waals surface area contributed by atoms with Gasteiger partial charge in [-0.05, 0) is 24.4 Å². The number of likely N-dealkylation sites (tertiary alicyclic amines) is 1. The van der Waals surface area contributed by atoms with Gasteiger partial charge in [-0.1, -0.05) is 30.3 Å². The molecule has 1 fully saturated rings. The molecule has 0 spiro atoms. The summed E-state index contributed by atoms with van der Waals surface area (Å²) in [7, 11) is 1.62. The largest absolute Gasteiger partial charge is 0.337 e. The van der Waals surface area contributed by atoms with Crippen LogP contribution in [0.15, 0.2) is 47.5 Å². The van der Waals surface area contributed by atoms with Crippen molar-refractivity contribution in [3.05, 3.63) is 58.6 Å². The van der Waals surface area contributed by atoms with Crippen LogP contribution in [0.1, 0.15) is 12.0 Å². The summed E-state index contributed by atoms with van der Waals surface area (Å²) in [6.07, 6.45) is 4.08. The number of hydrogen-bond acceptors (Lipinski definition) is 4. The number of rotatable bonds is 5. The van der Waals surface area contributed by atoms with Gasteiger partial charge in [0.1, 0.15) is 0 Å². The van der Waals surface area contributed by atoms with Gasteiger partial charge in [-0.2, -0.15) is 0 Å². The van der Waals surface area contributed by atoms with Gasteiger partial charge in [-0.25, -0.2) is 9.78 Å². The molecule has 3 rings (SSSR count). The van der Waals surface area contributed by atoms with E-state index in [2.05, 4.69) is 44.8 Å². The Bertz CT molecular complexity index is 775. The van der Waals surface area contributed by atoms with Crippen LogP contribution in [0, 0.1) is 5.92 Å². The molecule has 0 unspecified atom stereocenters. The highest BCUT2D eigenvalue weighted by molar-refractivity contribution is 5.87. The van der Waals surface area contributed by atoms with Crippen LogP contribution in [0.3, 0.4) is 0 Å². The summed E-state index contributed by atoms with van der Waals surface area (Å²) in [5.74, 6) is 0.459. The van der Waals surface area contributed by atoms with Gasteiger partial charge < -0.3 is 9.88 Å². The van der Waals surface area contributed by atoms with Crippen molar-refractivity contribution in [1.82, 2.24) is 19.8 Å². The molecule has 2 amide bonds. The summed E-state index contributed by atoms with van der Waals surface area (Å²) in [5, 5.41) is 5.36. The van der Waals surface area contributed by atoms with Crippen molar-refractivity contribution in [3.8, 4) is 0 Å². The van der Waals surface area contributed by atoms with Gasteiger partial charge in [0.05, 0.1) is 0 Å². The van der Waals surface area contributed by atoms with E-state index in [-0.39, 0.29) is 11.4 Å². The van der Waals surface area contributed by atoms with E-state index in [1.165, 1.54) is 16.3 Å². The highest BCUT2D eigenvalue weighted by atomic mass is 16.2. The standard InChI is InChI=1S/C18H23N5O2/c1-22-10-8-19-16(17(22)24)21-18(25)20-11-15-7-9-23(13-15)12-14-5-3-2-4-6-14/h2-6,8,10,15H,7,9,11-13H2,1H3,(H2,19,20,21,25)/t15-/m0/s1. The number of nitrogens with one attached hydrogen (secondary N) is 2. The third-order valence-corrected chi connectivity index (χ3v) is 4.42. The second-order valence-corrected chi connectivity index (χ2v) is 6.40. The summed E-state index contributed by atoms with van der Waals surface area (Å²) in [5.41, 5.74) is 0.979. The maximum absolute atomic E-state index is 12.0. The van der Waals surface area contributed by atoms with Crippen molar-refractivity contribution >= 4 is 11.8 Å². The molecule has 7 heteroatoms. The van der Waals surface area contributed by atoms with Gasteiger partial charge in [-0.15, -0.1) is 0 Å². The monoisotopic (exact) mass is 341 g/mol. The Balaban J connectivity index is 1.44. The first-order chi connectivity index (χ1) is 12.1. The van der Waals surface area contributed by atoms with Crippen LogP contribution in [0.25, 0.3) is 0 Å². The topological polar surface area (TPSA) is 79.3 Å². The molecule has 1 aromatic carbocycles. The van der Waals surface area contributed by atoms with Gasteiger partial charge in [0, 0.05) is 39.1 Å². The lowest BCUT2D eigenvalue weighted by atomic mass is 10.1. The normalized spacial score (nSPS) is 17.4. The molecule has 0 radical (unpaired) electrons. The molecule has 0 aliphatic carbocycles. The zero-order chi connectivity index (χ0) is 17.6. The second-order valence-electron chi connectivity index (χ2n) is 6.40. The van der Waals surface area contributed by atoms with Crippen LogP contribution in [0.4, 0.5) is 10.6 Å². The summed E-state index contributed by atoms with van der Waals surface area (Å²) < 4.78 is 1.38. The van der Waals surface area contributed by atoms with Crippen molar-refractivity contribution in [2.24, 2.45) is 13.0 Å². The Morgan fingerprint density at radius 2 is 2.12 bits per heavy atom. The quantitative estimate of drug-likeness (QED) is 0.862. The van der Waals surface area contributed by atoms with E-state index in [1.807, 2.05) is 6.07 Å². The minimum absolute atomic E-state index is 0.0413. The van der Waals surface area contributed by atoms with E-state index in [1.54, 1.807) is 13.2 Å². The lowest BCUT2D eigenvalue weighted by molar-refractivity contribution is 0.249. The molecule has 25 heavy (non-hydrogen) atoms. The molecular formula is C18H23N5O2. The third kappa shape index (κ3) is 4.67. The number of carbonyl (C=O) groups excluding carboxylic acids is 1. The highest BCUT2D eigenvalue weighted by Gasteiger charge is 2.22. The molecule has 0 saturated carbocycles. The van der Waals surface area contributed by atoms with Crippen molar-refractivity contribution in [1.29, 1.82) is 0 Å². The number of aryl methyl sites for hydroxylation is 1. The summed E-state index contributed by atoms with van der Waals surface area (Å²) in [6, 6.07) is 10.00. The summed E-state index contributed by atoms with van der Waals surface area (Å²) >= 11 is 0. The fourth-order valence-electron chi connectivity index (χ4n) is 3.04. The first-order valence-electron chi connectivity index (χ1n) is 8.44. The molecule has 2 heterocycles. The van der Waals surface area contributed by atoms with E-state index >= 15 is 0 Å². The average Bonchev–Trinajstić information content (AvgIpc) is 3.05. The van der Waals surface area contributed by atoms with Crippen molar-refractivity contribution < 1.29 is 4.79 Å². The number of benzene rings is 1. The molecule has 1 saturated heterocycles. The Kier molecular flexibility index (Phi) is 5.45. The molecule has 7 nitrogen and oxygen atoms in total. The molecule has 132 valence electrons. The number of urea groups is 1. The smallest absolute Gasteiger partial charge is 0.320 e. The Labute approximate surface area is 146 Å². The SMILES string of the molecule is Cn1ccnc(NC(=O)NC[C@@H]2CCN(Cc3ccccc3)C2)c1=O. The molecule has 1 atom stereocenters. The number of carbonyl (C=O) groups is 1. The maximum atomic E-state index is 12.0. The lowest BCUT2D eigenvalue weighted by Gasteiger charge is -2.16. The Morgan fingerprint density at radius 3 is 2.92 bits per heavy atom. The minimum atomic E-state index is -0.391. The van der Waals surface area contributed by atoms with Crippen LogP contribution < -0.4 is 16.2 Å². The van der Waals surface area contributed by atoms with Crippen LogP contribution >= 0.6 is 0 Å². The van der Waals surface area contributed by atoms with Crippen LogP contribution in [0.2, 0.25) is 0 Å². The zero-order valence-corrected chi connectivity index (χ0v) is 14.3. The van der Waals surface area contributed by atoms with Crippen LogP contribution in [-0.2, 0) is 13.6 Å². The minimum Gasteiger partial charge on any atom is -0.337 e. The van der Waals surface area contributed by atoms with Crippen LogP contribution in [-0.4, -0.2) is 40.1 Å². The van der Waals surface area contributed by atoms with Crippen LogP contribution in [0.5, 0.6) is 0 Å². The molecule has 1 aromatic heterocycles. The van der Waals surface area contributed by atoms with Crippen molar-refractivity contribution in [3.63, 3.8) is 0 Å². The number of amides is 2. The first kappa shape index (κ1) is 17.2. The predicted molar refractivity (Wildman–Crippen MR) is 96.3 cm³/mol. The van der Waals surface area contributed by atoms with Gasteiger partial charge in [0.25, 0.3) is 5.56 Å². The molecule has 1 aliphatic rings. The third-order valence-electron chi connectivity index (χ3n) is 4.42. The lowest BCUT2D eigenvalue weighted by Crippen LogP contribution is -2.36. The molecule has 1 aliphatic heterocycles.